The average Bonchev–Trinajstić information content (AvgIpc) is 2.70. The number of para-hydroxylation sites is 1. The first-order chi connectivity index (χ1) is 13.8. The van der Waals surface area contributed by atoms with Crippen molar-refractivity contribution in [1.29, 1.82) is 0 Å². The number of benzene rings is 2. The summed E-state index contributed by atoms with van der Waals surface area (Å²) >= 11 is 0. The Morgan fingerprint density at radius 2 is 1.83 bits per heavy atom. The molecule has 0 aliphatic carbocycles. The molecule has 2 aromatic rings. The van der Waals surface area contributed by atoms with E-state index >= 15 is 0 Å². The van der Waals surface area contributed by atoms with Crippen LogP contribution in [0.15, 0.2) is 64.5 Å². The minimum atomic E-state index is -3.26. The lowest BCUT2D eigenvalue weighted by Crippen LogP contribution is -2.45. The molecule has 1 aliphatic rings. The maximum Gasteiger partial charge on any atom is 0.191 e. The van der Waals surface area contributed by atoms with E-state index in [0.29, 0.717) is 23.8 Å². The van der Waals surface area contributed by atoms with Gasteiger partial charge in [-0.05, 0) is 38.5 Å². The van der Waals surface area contributed by atoms with Gasteiger partial charge in [-0.2, -0.15) is 0 Å². The van der Waals surface area contributed by atoms with Crippen LogP contribution in [0, 0.1) is 0 Å². The van der Waals surface area contributed by atoms with E-state index in [9.17, 15) is 8.42 Å². The molecule has 1 unspecified atom stereocenters. The number of fused-ring (bicyclic) bond motifs is 1. The number of sulfone groups is 1. The van der Waals surface area contributed by atoms with E-state index in [2.05, 4.69) is 35.5 Å². The second kappa shape index (κ2) is 8.86. The average molecular weight is 416 g/mol. The molecule has 2 N–H and O–H groups in total. The highest BCUT2D eigenvalue weighted by Gasteiger charge is 2.33. The Bertz CT molecular complexity index is 956. The summed E-state index contributed by atoms with van der Waals surface area (Å²) in [6, 6.07) is 16.6. The zero-order valence-electron chi connectivity index (χ0n) is 17.2. The Morgan fingerprint density at radius 3 is 2.55 bits per heavy atom. The van der Waals surface area contributed by atoms with Gasteiger partial charge in [0.25, 0.3) is 0 Å². The van der Waals surface area contributed by atoms with E-state index in [1.54, 1.807) is 31.3 Å². The molecule has 2 aromatic carbocycles. The van der Waals surface area contributed by atoms with E-state index < -0.39 is 9.84 Å². The minimum absolute atomic E-state index is 0.0641. The minimum Gasteiger partial charge on any atom is -0.487 e. The summed E-state index contributed by atoms with van der Waals surface area (Å²) in [5.74, 6) is 1.62. The van der Waals surface area contributed by atoms with Crippen molar-refractivity contribution in [2.45, 2.75) is 43.2 Å². The second-order valence-corrected chi connectivity index (χ2v) is 9.89. The number of rotatable bonds is 6. The number of hydrogen-bond donors (Lipinski definition) is 2. The van der Waals surface area contributed by atoms with E-state index in [1.165, 1.54) is 0 Å². The number of aliphatic imine (C=N–C) groups is 1. The van der Waals surface area contributed by atoms with Crippen LogP contribution in [-0.4, -0.2) is 39.3 Å². The molecule has 0 radical (unpaired) electrons. The fourth-order valence-electron chi connectivity index (χ4n) is 3.51. The normalized spacial score (nSPS) is 18.4. The van der Waals surface area contributed by atoms with Crippen molar-refractivity contribution in [3.05, 3.63) is 60.2 Å². The molecule has 0 bridgehead atoms. The zero-order chi connectivity index (χ0) is 20.9. The third-order valence-corrected chi connectivity index (χ3v) is 6.71. The summed E-state index contributed by atoms with van der Waals surface area (Å²) in [6.07, 6.45) is 1.29. The highest BCUT2D eigenvalue weighted by Crippen LogP contribution is 2.39. The van der Waals surface area contributed by atoms with Gasteiger partial charge in [0.2, 0.25) is 0 Å². The summed E-state index contributed by atoms with van der Waals surface area (Å²) in [6.45, 7) is 4.66. The van der Waals surface area contributed by atoms with Gasteiger partial charge in [0.1, 0.15) is 11.4 Å². The molecule has 1 aliphatic heterocycles. The van der Waals surface area contributed by atoms with Crippen LogP contribution in [0.3, 0.4) is 0 Å². The number of hydrogen-bond acceptors (Lipinski definition) is 4. The number of nitrogens with zero attached hydrogens (tertiary/aromatic N) is 1. The molecule has 0 amide bonds. The molecular weight excluding hydrogens is 386 g/mol. The zero-order valence-corrected chi connectivity index (χ0v) is 18.0. The highest BCUT2D eigenvalue weighted by molar-refractivity contribution is 7.91. The molecule has 7 heteroatoms. The van der Waals surface area contributed by atoms with Crippen molar-refractivity contribution in [2.75, 3.05) is 19.3 Å². The van der Waals surface area contributed by atoms with Gasteiger partial charge in [0.15, 0.2) is 15.8 Å². The Labute approximate surface area is 173 Å². The van der Waals surface area contributed by atoms with Crippen molar-refractivity contribution in [3.63, 3.8) is 0 Å². The number of nitrogens with one attached hydrogen (secondary N) is 2. The lowest BCUT2D eigenvalue weighted by atomic mass is 9.90. The summed E-state index contributed by atoms with van der Waals surface area (Å²) in [5, 5.41) is 6.69. The number of ether oxygens (including phenoxy) is 1. The molecule has 0 saturated carbocycles. The van der Waals surface area contributed by atoms with Gasteiger partial charge >= 0.3 is 0 Å². The van der Waals surface area contributed by atoms with Gasteiger partial charge in [-0.25, -0.2) is 8.42 Å². The molecular formula is C22H29N3O3S. The first-order valence-electron chi connectivity index (χ1n) is 9.84. The summed E-state index contributed by atoms with van der Waals surface area (Å²) in [4.78, 5) is 4.66. The molecule has 29 heavy (non-hydrogen) atoms. The van der Waals surface area contributed by atoms with Crippen LogP contribution in [0.4, 0.5) is 0 Å². The van der Waals surface area contributed by atoms with Crippen LogP contribution in [0.5, 0.6) is 5.75 Å². The predicted molar refractivity (Wildman–Crippen MR) is 116 cm³/mol. The fraction of sp³-hybridized carbons (Fsp3) is 0.409. The van der Waals surface area contributed by atoms with Gasteiger partial charge in [-0.15, -0.1) is 0 Å². The smallest absolute Gasteiger partial charge is 0.191 e. The van der Waals surface area contributed by atoms with E-state index in [1.807, 2.05) is 24.3 Å². The highest BCUT2D eigenvalue weighted by atomic mass is 32.2. The van der Waals surface area contributed by atoms with E-state index in [0.717, 1.165) is 17.7 Å². The van der Waals surface area contributed by atoms with Gasteiger partial charge in [0.05, 0.1) is 16.7 Å². The Morgan fingerprint density at radius 1 is 1.14 bits per heavy atom. The summed E-state index contributed by atoms with van der Waals surface area (Å²) in [7, 11) is -1.55. The molecule has 156 valence electrons. The van der Waals surface area contributed by atoms with Crippen molar-refractivity contribution < 1.29 is 13.2 Å². The van der Waals surface area contributed by atoms with Gasteiger partial charge in [-0.1, -0.05) is 36.4 Å². The van der Waals surface area contributed by atoms with Crippen LogP contribution in [0.1, 0.15) is 38.3 Å². The second-order valence-electron chi connectivity index (χ2n) is 7.79. The summed E-state index contributed by atoms with van der Waals surface area (Å²) < 4.78 is 30.8. The predicted octanol–water partition coefficient (Wildman–Crippen LogP) is 3.32. The van der Waals surface area contributed by atoms with Crippen molar-refractivity contribution in [2.24, 2.45) is 4.99 Å². The quantitative estimate of drug-likeness (QED) is 0.430. The first kappa shape index (κ1) is 21.2. The van der Waals surface area contributed by atoms with Crippen molar-refractivity contribution in [3.8, 4) is 5.75 Å². The molecule has 0 spiro atoms. The Hall–Kier alpha value is -2.54. The maximum absolute atomic E-state index is 12.4. The molecule has 1 heterocycles. The van der Waals surface area contributed by atoms with Crippen LogP contribution in [0.2, 0.25) is 0 Å². The molecule has 6 nitrogen and oxygen atoms in total. The van der Waals surface area contributed by atoms with Crippen LogP contribution in [-0.2, 0) is 9.84 Å². The maximum atomic E-state index is 12.4. The first-order valence-corrected chi connectivity index (χ1v) is 11.5. The topological polar surface area (TPSA) is 79.8 Å². The molecule has 0 fully saturated rings. The molecule has 0 aromatic heterocycles. The molecule has 3 rings (SSSR count). The molecule has 1 atom stereocenters. The van der Waals surface area contributed by atoms with Crippen LogP contribution in [0.25, 0.3) is 0 Å². The monoisotopic (exact) mass is 415 g/mol. The van der Waals surface area contributed by atoms with Crippen LogP contribution >= 0.6 is 0 Å². The summed E-state index contributed by atoms with van der Waals surface area (Å²) in [5.41, 5.74) is 0.815. The lowest BCUT2D eigenvalue weighted by molar-refractivity contribution is 0.0694. The lowest BCUT2D eigenvalue weighted by Gasteiger charge is -2.38. The van der Waals surface area contributed by atoms with E-state index in [-0.39, 0.29) is 17.4 Å². The Kier molecular flexibility index (Phi) is 6.47. The third kappa shape index (κ3) is 5.50. The SMILES string of the molecule is CN=C(NCCCS(=O)(=O)c1ccccc1)NC1CC(C)(C)Oc2ccccc21. The Balaban J connectivity index is 1.56. The van der Waals surface area contributed by atoms with E-state index in [4.69, 9.17) is 4.74 Å². The standard InChI is InChI=1S/C22H29N3O3S/c1-22(2)16-19(18-12-7-8-13-20(18)28-22)25-21(23-3)24-14-9-15-29(26,27)17-10-5-4-6-11-17/h4-8,10-13,19H,9,14-16H2,1-3H3,(H2,23,24,25). The van der Waals surface area contributed by atoms with Gasteiger partial charge in [-0.3, -0.25) is 4.99 Å². The van der Waals surface area contributed by atoms with Crippen molar-refractivity contribution in [1.82, 2.24) is 10.6 Å². The molecule has 0 saturated heterocycles. The van der Waals surface area contributed by atoms with Crippen molar-refractivity contribution >= 4 is 15.8 Å². The fourth-order valence-corrected chi connectivity index (χ4v) is 4.84. The largest absolute Gasteiger partial charge is 0.487 e. The van der Waals surface area contributed by atoms with Gasteiger partial charge < -0.3 is 15.4 Å². The third-order valence-electron chi connectivity index (χ3n) is 4.90. The van der Waals surface area contributed by atoms with Crippen LogP contribution < -0.4 is 15.4 Å². The number of guanidine groups is 1. The van der Waals surface area contributed by atoms with Gasteiger partial charge in [0, 0.05) is 25.6 Å².